The molecule has 0 bridgehead atoms. The van der Waals surface area contributed by atoms with Crippen LogP contribution in [0, 0.1) is 0 Å². The van der Waals surface area contributed by atoms with Crippen molar-refractivity contribution in [2.45, 2.75) is 0 Å². The van der Waals surface area contributed by atoms with E-state index in [0.29, 0.717) is 0 Å². The second-order valence-electron chi connectivity index (χ2n) is 4.20. The van der Waals surface area contributed by atoms with Gasteiger partial charge in [0, 0.05) is 18.0 Å². The second kappa shape index (κ2) is 3.76. The minimum atomic E-state index is -0.0444. The molecule has 19 heavy (non-hydrogen) atoms. The molecule has 4 aromatic rings. The van der Waals surface area contributed by atoms with Crippen molar-refractivity contribution in [2.24, 2.45) is 0 Å². The molecule has 6 heteroatoms. The molecular weight excluding hydrogens is 260 g/mol. The third-order valence-corrected chi connectivity index (χ3v) is 3.82. The fourth-order valence-corrected chi connectivity index (χ4v) is 2.85. The normalized spacial score (nSPS) is 11.4. The van der Waals surface area contributed by atoms with Gasteiger partial charge in [0.05, 0.1) is 21.3 Å². The van der Waals surface area contributed by atoms with Gasteiger partial charge in [-0.2, -0.15) is 0 Å². The number of nitrogens with zero attached hydrogens (tertiary/aromatic N) is 2. The molecule has 0 atom stereocenters. The van der Waals surface area contributed by atoms with Gasteiger partial charge in [0.25, 0.3) is 0 Å². The Morgan fingerprint density at radius 2 is 1.89 bits per heavy atom. The van der Waals surface area contributed by atoms with Crippen LogP contribution in [0.25, 0.3) is 32.6 Å². The Kier molecular flexibility index (Phi) is 2.07. The van der Waals surface area contributed by atoms with Crippen LogP contribution in [0.2, 0.25) is 0 Å². The molecule has 0 spiro atoms. The summed E-state index contributed by atoms with van der Waals surface area (Å²) in [5.41, 5.74) is 3.60. The smallest absolute Gasteiger partial charge is 0.305 e. The minimum Gasteiger partial charge on any atom is -0.338 e. The van der Waals surface area contributed by atoms with E-state index in [1.807, 2.05) is 24.3 Å². The highest BCUT2D eigenvalue weighted by atomic mass is 32.1. The van der Waals surface area contributed by atoms with E-state index >= 15 is 0 Å². The highest BCUT2D eigenvalue weighted by Crippen LogP contribution is 2.24. The van der Waals surface area contributed by atoms with E-state index in [-0.39, 0.29) is 4.87 Å². The third-order valence-electron chi connectivity index (χ3n) is 2.98. The number of imidazole rings is 1. The number of H-pyrrole nitrogens is 2. The average Bonchev–Trinajstić information content (AvgIpc) is 2.98. The van der Waals surface area contributed by atoms with Gasteiger partial charge in [-0.1, -0.05) is 11.3 Å². The summed E-state index contributed by atoms with van der Waals surface area (Å²) in [6.45, 7) is 0. The minimum absolute atomic E-state index is 0.0444. The first-order valence-corrected chi connectivity index (χ1v) is 6.54. The van der Waals surface area contributed by atoms with Crippen LogP contribution < -0.4 is 4.87 Å². The molecule has 0 unspecified atom stereocenters. The van der Waals surface area contributed by atoms with Crippen LogP contribution in [0.5, 0.6) is 0 Å². The fraction of sp³-hybridized carbons (Fsp3) is 0. The van der Waals surface area contributed by atoms with Crippen LogP contribution in [0.4, 0.5) is 0 Å². The van der Waals surface area contributed by atoms with Gasteiger partial charge in [-0.3, -0.25) is 9.78 Å². The summed E-state index contributed by atoms with van der Waals surface area (Å²) in [7, 11) is 0. The molecule has 3 aromatic heterocycles. The summed E-state index contributed by atoms with van der Waals surface area (Å²) in [4.78, 5) is 25.9. The summed E-state index contributed by atoms with van der Waals surface area (Å²) in [5.74, 6) is 0.803. The van der Waals surface area contributed by atoms with Crippen molar-refractivity contribution in [2.75, 3.05) is 0 Å². The van der Waals surface area contributed by atoms with Gasteiger partial charge in [0.2, 0.25) is 0 Å². The molecule has 0 saturated carbocycles. The first kappa shape index (κ1) is 10.5. The number of benzene rings is 1. The van der Waals surface area contributed by atoms with Crippen molar-refractivity contribution < 1.29 is 0 Å². The first-order valence-electron chi connectivity index (χ1n) is 5.72. The van der Waals surface area contributed by atoms with E-state index in [0.717, 1.165) is 32.6 Å². The maximum atomic E-state index is 11.3. The molecule has 0 aliphatic rings. The molecule has 2 N–H and O–H groups in total. The van der Waals surface area contributed by atoms with Crippen LogP contribution in [-0.4, -0.2) is 19.9 Å². The maximum Gasteiger partial charge on any atom is 0.305 e. The van der Waals surface area contributed by atoms with Gasteiger partial charge in [-0.05, 0) is 24.3 Å². The molecule has 1 aromatic carbocycles. The zero-order valence-corrected chi connectivity index (χ0v) is 10.5. The number of aromatic amines is 2. The van der Waals surface area contributed by atoms with Crippen LogP contribution in [0.15, 0.2) is 41.5 Å². The molecule has 0 aliphatic carbocycles. The van der Waals surface area contributed by atoms with Crippen LogP contribution in [0.1, 0.15) is 0 Å². The summed E-state index contributed by atoms with van der Waals surface area (Å²) in [6.07, 6.45) is 3.47. The van der Waals surface area contributed by atoms with E-state index in [1.54, 1.807) is 12.4 Å². The number of pyridine rings is 1. The number of fused-ring (bicyclic) bond motifs is 2. The van der Waals surface area contributed by atoms with Crippen molar-refractivity contribution in [3.05, 3.63) is 46.3 Å². The lowest BCUT2D eigenvalue weighted by Gasteiger charge is -1.92. The van der Waals surface area contributed by atoms with Crippen molar-refractivity contribution in [1.29, 1.82) is 0 Å². The number of nitrogens with one attached hydrogen (secondary N) is 2. The zero-order valence-electron chi connectivity index (χ0n) is 9.68. The summed E-state index contributed by atoms with van der Waals surface area (Å²) < 4.78 is 0.922. The van der Waals surface area contributed by atoms with E-state index in [2.05, 4.69) is 19.9 Å². The van der Waals surface area contributed by atoms with Gasteiger partial charge in [-0.25, -0.2) is 4.98 Å². The van der Waals surface area contributed by atoms with Crippen LogP contribution >= 0.6 is 11.3 Å². The third kappa shape index (κ3) is 1.65. The van der Waals surface area contributed by atoms with Crippen molar-refractivity contribution in [3.8, 4) is 11.4 Å². The largest absolute Gasteiger partial charge is 0.338 e. The Labute approximate surface area is 111 Å². The molecule has 0 aliphatic heterocycles. The summed E-state index contributed by atoms with van der Waals surface area (Å²) in [6, 6.07) is 7.65. The van der Waals surface area contributed by atoms with Gasteiger partial charge >= 0.3 is 4.87 Å². The van der Waals surface area contributed by atoms with E-state index in [9.17, 15) is 4.79 Å². The molecule has 0 fully saturated rings. The number of rotatable bonds is 1. The molecule has 0 radical (unpaired) electrons. The lowest BCUT2D eigenvalue weighted by atomic mass is 10.3. The van der Waals surface area contributed by atoms with Crippen molar-refractivity contribution in [3.63, 3.8) is 0 Å². The standard InChI is InChI=1S/C13H8N4OS/c18-13-17-10-5-8-9(6-11(10)19-13)16-12(15-8)7-1-3-14-4-2-7/h1-6H,(H,15,16)(H,17,18). The van der Waals surface area contributed by atoms with Gasteiger partial charge in [0.1, 0.15) is 5.82 Å². The topological polar surface area (TPSA) is 74.4 Å². The zero-order chi connectivity index (χ0) is 12.8. The quantitative estimate of drug-likeness (QED) is 0.557. The average molecular weight is 268 g/mol. The van der Waals surface area contributed by atoms with E-state index in [1.165, 1.54) is 11.3 Å². The number of hydrogen-bond donors (Lipinski definition) is 2. The maximum absolute atomic E-state index is 11.3. The summed E-state index contributed by atoms with van der Waals surface area (Å²) >= 11 is 1.20. The predicted octanol–water partition coefficient (Wildman–Crippen LogP) is 2.53. The number of aromatic nitrogens is 4. The molecule has 5 nitrogen and oxygen atoms in total. The molecule has 4 rings (SSSR count). The highest BCUT2D eigenvalue weighted by Gasteiger charge is 2.08. The van der Waals surface area contributed by atoms with Crippen LogP contribution in [-0.2, 0) is 0 Å². The first-order chi connectivity index (χ1) is 9.29. The van der Waals surface area contributed by atoms with E-state index < -0.39 is 0 Å². The van der Waals surface area contributed by atoms with Gasteiger partial charge in [-0.15, -0.1) is 0 Å². The SMILES string of the molecule is O=c1[nH]c2cc3[nH]c(-c4ccncc4)nc3cc2s1. The Balaban J connectivity index is 1.99. The molecule has 3 heterocycles. The monoisotopic (exact) mass is 268 g/mol. The Morgan fingerprint density at radius 1 is 1.05 bits per heavy atom. The van der Waals surface area contributed by atoms with Crippen molar-refractivity contribution in [1.82, 2.24) is 19.9 Å². The Hall–Kier alpha value is -2.47. The lowest BCUT2D eigenvalue weighted by Crippen LogP contribution is -1.89. The molecule has 92 valence electrons. The van der Waals surface area contributed by atoms with Gasteiger partial charge in [0.15, 0.2) is 0 Å². The lowest BCUT2D eigenvalue weighted by molar-refractivity contribution is 1.28. The van der Waals surface area contributed by atoms with Crippen LogP contribution in [0.3, 0.4) is 0 Å². The molecular formula is C13H8N4OS. The Morgan fingerprint density at radius 3 is 2.74 bits per heavy atom. The summed E-state index contributed by atoms with van der Waals surface area (Å²) in [5, 5.41) is 0. The van der Waals surface area contributed by atoms with E-state index in [4.69, 9.17) is 0 Å². The molecule has 0 amide bonds. The highest BCUT2D eigenvalue weighted by molar-refractivity contribution is 7.16. The fourth-order valence-electron chi connectivity index (χ4n) is 2.10. The van der Waals surface area contributed by atoms with Gasteiger partial charge < -0.3 is 9.97 Å². The Bertz CT molecular complexity index is 882. The molecule has 0 saturated heterocycles. The number of hydrogen-bond acceptors (Lipinski definition) is 4. The number of thiazole rings is 1. The predicted molar refractivity (Wildman–Crippen MR) is 75.3 cm³/mol. The van der Waals surface area contributed by atoms with Crippen molar-refractivity contribution >= 4 is 32.6 Å². The second-order valence-corrected chi connectivity index (χ2v) is 5.22.